The zero-order valence-corrected chi connectivity index (χ0v) is 13.1. The molecule has 3 rings (SSSR count). The number of nitrogens with one attached hydrogen (secondary N) is 1. The summed E-state index contributed by atoms with van der Waals surface area (Å²) in [5.74, 6) is 0.797. The fourth-order valence-corrected chi connectivity index (χ4v) is 4.37. The third-order valence-electron chi connectivity index (χ3n) is 5.43. The van der Waals surface area contributed by atoms with Crippen molar-refractivity contribution < 1.29 is 0 Å². The first-order chi connectivity index (χ1) is 9.69. The van der Waals surface area contributed by atoms with Crippen molar-refractivity contribution >= 4 is 0 Å². The molecule has 20 heavy (non-hydrogen) atoms. The third kappa shape index (κ3) is 2.64. The van der Waals surface area contributed by atoms with Gasteiger partial charge in [0.05, 0.1) is 0 Å². The van der Waals surface area contributed by atoms with Gasteiger partial charge in [0.25, 0.3) is 0 Å². The molecule has 2 aliphatic heterocycles. The van der Waals surface area contributed by atoms with Crippen LogP contribution in [0.1, 0.15) is 49.8 Å². The zero-order valence-electron chi connectivity index (χ0n) is 13.1. The van der Waals surface area contributed by atoms with Crippen molar-refractivity contribution in [3.8, 4) is 0 Å². The van der Waals surface area contributed by atoms with Gasteiger partial charge in [-0.25, -0.2) is 0 Å². The van der Waals surface area contributed by atoms with Crippen LogP contribution in [-0.2, 0) is 0 Å². The van der Waals surface area contributed by atoms with Gasteiger partial charge in [-0.2, -0.15) is 0 Å². The van der Waals surface area contributed by atoms with Crippen molar-refractivity contribution in [3.05, 3.63) is 35.4 Å². The lowest BCUT2D eigenvalue weighted by molar-refractivity contribution is 0.113. The second-order valence-corrected chi connectivity index (χ2v) is 6.73. The average Bonchev–Trinajstić information content (AvgIpc) is 2.66. The number of rotatable bonds is 4. The molecule has 3 atom stereocenters. The van der Waals surface area contributed by atoms with Crippen LogP contribution in [0.15, 0.2) is 24.3 Å². The zero-order chi connectivity index (χ0) is 14.1. The Morgan fingerprint density at radius 2 is 1.95 bits per heavy atom. The van der Waals surface area contributed by atoms with E-state index in [1.54, 1.807) is 0 Å². The molecule has 2 aliphatic rings. The van der Waals surface area contributed by atoms with Gasteiger partial charge >= 0.3 is 0 Å². The highest BCUT2D eigenvalue weighted by molar-refractivity contribution is 5.26. The number of piperidine rings is 1. The van der Waals surface area contributed by atoms with Crippen molar-refractivity contribution in [2.24, 2.45) is 5.92 Å². The first kappa shape index (κ1) is 14.1. The second kappa shape index (κ2) is 5.87. The van der Waals surface area contributed by atoms with Crippen molar-refractivity contribution in [2.45, 2.75) is 57.7 Å². The maximum absolute atomic E-state index is 3.76. The second-order valence-electron chi connectivity index (χ2n) is 6.73. The van der Waals surface area contributed by atoms with Crippen LogP contribution in [-0.4, -0.2) is 30.6 Å². The first-order valence-electron chi connectivity index (χ1n) is 8.21. The molecule has 2 bridgehead atoms. The molecule has 110 valence electrons. The van der Waals surface area contributed by atoms with E-state index < -0.39 is 0 Å². The number of hydrogen-bond donors (Lipinski definition) is 1. The Balaban J connectivity index is 1.81. The molecule has 0 spiro atoms. The lowest BCUT2D eigenvalue weighted by Gasteiger charge is -2.40. The summed E-state index contributed by atoms with van der Waals surface area (Å²) < 4.78 is 0. The van der Waals surface area contributed by atoms with Gasteiger partial charge in [-0.05, 0) is 57.7 Å². The fraction of sp³-hybridized carbons (Fsp3) is 0.667. The summed E-state index contributed by atoms with van der Waals surface area (Å²) in [5, 5.41) is 3.76. The van der Waals surface area contributed by atoms with Crippen LogP contribution in [0.4, 0.5) is 0 Å². The van der Waals surface area contributed by atoms with E-state index in [1.165, 1.54) is 36.8 Å². The smallest absolute Gasteiger partial charge is 0.0349 e. The molecule has 1 aromatic rings. The van der Waals surface area contributed by atoms with Gasteiger partial charge in [0, 0.05) is 18.1 Å². The highest BCUT2D eigenvalue weighted by atomic mass is 15.2. The van der Waals surface area contributed by atoms with Crippen LogP contribution >= 0.6 is 0 Å². The molecule has 2 heterocycles. The summed E-state index contributed by atoms with van der Waals surface area (Å²) in [5.41, 5.74) is 2.86. The molecule has 0 saturated carbocycles. The van der Waals surface area contributed by atoms with Crippen LogP contribution in [0.3, 0.4) is 0 Å². The van der Waals surface area contributed by atoms with E-state index in [-0.39, 0.29) is 0 Å². The normalized spacial score (nSPS) is 31.4. The molecular formula is C18H28N2. The van der Waals surface area contributed by atoms with E-state index in [1.807, 2.05) is 0 Å². The van der Waals surface area contributed by atoms with Gasteiger partial charge in [0.15, 0.2) is 0 Å². The number of benzene rings is 1. The summed E-state index contributed by atoms with van der Waals surface area (Å²) in [6, 6.07) is 11.3. The Labute approximate surface area is 123 Å². The summed E-state index contributed by atoms with van der Waals surface area (Å²) in [6.45, 7) is 5.48. The molecule has 1 aromatic carbocycles. The van der Waals surface area contributed by atoms with Gasteiger partial charge in [0.1, 0.15) is 0 Å². The quantitative estimate of drug-likeness (QED) is 0.902. The minimum Gasteiger partial charge on any atom is -0.310 e. The first-order valence-corrected chi connectivity index (χ1v) is 8.21. The number of aryl methyl sites for hydroxylation is 1. The van der Waals surface area contributed by atoms with E-state index in [9.17, 15) is 0 Å². The van der Waals surface area contributed by atoms with E-state index in [2.05, 4.69) is 55.4 Å². The Morgan fingerprint density at radius 3 is 2.55 bits per heavy atom. The van der Waals surface area contributed by atoms with Gasteiger partial charge in [-0.15, -0.1) is 0 Å². The number of nitrogens with zero attached hydrogens (tertiary/aromatic N) is 1. The predicted molar refractivity (Wildman–Crippen MR) is 84.9 cm³/mol. The highest BCUT2D eigenvalue weighted by Gasteiger charge is 2.41. The predicted octanol–water partition coefficient (Wildman–Crippen LogP) is 3.52. The topological polar surface area (TPSA) is 15.3 Å². The van der Waals surface area contributed by atoms with Crippen LogP contribution in [0, 0.1) is 12.8 Å². The van der Waals surface area contributed by atoms with E-state index in [0.29, 0.717) is 6.04 Å². The molecule has 2 fully saturated rings. The van der Waals surface area contributed by atoms with Crippen LogP contribution in [0.5, 0.6) is 0 Å². The van der Waals surface area contributed by atoms with Gasteiger partial charge in [0.2, 0.25) is 0 Å². The maximum Gasteiger partial charge on any atom is 0.0349 e. The van der Waals surface area contributed by atoms with E-state index >= 15 is 0 Å². The van der Waals surface area contributed by atoms with Crippen molar-refractivity contribution in [3.63, 3.8) is 0 Å². The van der Waals surface area contributed by atoms with Gasteiger partial charge < -0.3 is 10.2 Å². The van der Waals surface area contributed by atoms with Crippen LogP contribution < -0.4 is 5.32 Å². The Bertz CT molecular complexity index is 442. The largest absolute Gasteiger partial charge is 0.310 e. The van der Waals surface area contributed by atoms with Crippen LogP contribution in [0.25, 0.3) is 0 Å². The minimum atomic E-state index is 0.539. The Kier molecular flexibility index (Phi) is 4.13. The SMILES string of the molecule is CCNC(c1cccc(C)c1)C1CC2CCC(C1)N2C. The molecule has 2 saturated heterocycles. The van der Waals surface area contributed by atoms with Gasteiger partial charge in [-0.3, -0.25) is 0 Å². The lowest BCUT2D eigenvalue weighted by Crippen LogP contribution is -2.43. The molecule has 0 radical (unpaired) electrons. The molecule has 0 aliphatic carbocycles. The number of fused-ring (bicyclic) bond motifs is 2. The van der Waals surface area contributed by atoms with Crippen molar-refractivity contribution in [1.29, 1.82) is 0 Å². The Hall–Kier alpha value is -0.860. The monoisotopic (exact) mass is 272 g/mol. The van der Waals surface area contributed by atoms with Crippen LogP contribution in [0.2, 0.25) is 0 Å². The average molecular weight is 272 g/mol. The molecule has 1 N–H and O–H groups in total. The summed E-state index contributed by atoms with van der Waals surface area (Å²) >= 11 is 0. The molecule has 2 nitrogen and oxygen atoms in total. The highest BCUT2D eigenvalue weighted by Crippen LogP contribution is 2.42. The standard InChI is InChI=1S/C18H28N2/c1-4-19-18(14-7-5-6-13(2)10-14)15-11-16-8-9-17(12-15)20(16)3/h5-7,10,15-19H,4,8-9,11-12H2,1-3H3. The molecule has 3 unspecified atom stereocenters. The third-order valence-corrected chi connectivity index (χ3v) is 5.43. The molecule has 0 amide bonds. The summed E-state index contributed by atoms with van der Waals surface area (Å²) in [4.78, 5) is 2.63. The van der Waals surface area contributed by atoms with E-state index in [0.717, 1.165) is 24.5 Å². The van der Waals surface area contributed by atoms with E-state index in [4.69, 9.17) is 0 Å². The fourth-order valence-electron chi connectivity index (χ4n) is 4.37. The Morgan fingerprint density at radius 1 is 1.25 bits per heavy atom. The van der Waals surface area contributed by atoms with Crippen molar-refractivity contribution in [2.75, 3.05) is 13.6 Å². The minimum absolute atomic E-state index is 0.539. The van der Waals surface area contributed by atoms with Gasteiger partial charge in [-0.1, -0.05) is 36.8 Å². The number of hydrogen-bond acceptors (Lipinski definition) is 2. The molecule has 2 heteroatoms. The molecular weight excluding hydrogens is 244 g/mol. The lowest BCUT2D eigenvalue weighted by atomic mass is 9.81. The van der Waals surface area contributed by atoms with Crippen molar-refractivity contribution in [1.82, 2.24) is 10.2 Å². The molecule has 0 aromatic heterocycles. The summed E-state index contributed by atoms with van der Waals surface area (Å²) in [7, 11) is 2.33. The summed E-state index contributed by atoms with van der Waals surface area (Å²) in [6.07, 6.45) is 5.53. The maximum atomic E-state index is 3.76.